The van der Waals surface area contributed by atoms with Gasteiger partial charge in [-0.1, -0.05) is 24.3 Å². The van der Waals surface area contributed by atoms with E-state index in [1.165, 1.54) is 48.6 Å². The van der Waals surface area contributed by atoms with Crippen molar-refractivity contribution in [2.75, 3.05) is 0 Å². The molecule has 0 aromatic heterocycles. The van der Waals surface area contributed by atoms with Crippen molar-refractivity contribution < 1.29 is 39.9 Å². The molecular formula is C30H22O8. The molecule has 0 radical (unpaired) electrons. The predicted octanol–water partition coefficient (Wildman–Crippen LogP) is 5.21. The Balaban J connectivity index is 1.52. The molecule has 0 bridgehead atoms. The number of allylic oxidation sites excluding steroid dienone is 1. The maximum absolute atomic E-state index is 13.7. The summed E-state index contributed by atoms with van der Waals surface area (Å²) >= 11 is 0. The van der Waals surface area contributed by atoms with Crippen molar-refractivity contribution >= 4 is 17.6 Å². The van der Waals surface area contributed by atoms with Gasteiger partial charge in [0.2, 0.25) is 0 Å². The maximum atomic E-state index is 13.7. The zero-order valence-corrected chi connectivity index (χ0v) is 19.8. The van der Waals surface area contributed by atoms with Crippen molar-refractivity contribution in [3.63, 3.8) is 0 Å². The van der Waals surface area contributed by atoms with E-state index in [0.29, 0.717) is 22.4 Å². The number of carbonyl (C=O) groups is 2. The van der Waals surface area contributed by atoms with E-state index in [4.69, 9.17) is 4.74 Å². The van der Waals surface area contributed by atoms with Crippen molar-refractivity contribution in [1.29, 1.82) is 0 Å². The van der Waals surface area contributed by atoms with Gasteiger partial charge in [0.15, 0.2) is 11.6 Å². The molecule has 38 heavy (non-hydrogen) atoms. The molecule has 0 saturated heterocycles. The third-order valence-electron chi connectivity index (χ3n) is 6.35. The van der Waals surface area contributed by atoms with Crippen LogP contribution in [0.5, 0.6) is 34.5 Å². The number of benzene rings is 4. The highest BCUT2D eigenvalue weighted by molar-refractivity contribution is 6.09. The molecule has 0 aliphatic carbocycles. The van der Waals surface area contributed by atoms with E-state index >= 15 is 0 Å². The minimum absolute atomic E-state index is 0.00644. The van der Waals surface area contributed by atoms with Gasteiger partial charge in [-0.25, -0.2) is 0 Å². The molecule has 5 rings (SSSR count). The van der Waals surface area contributed by atoms with Gasteiger partial charge in [-0.05, 0) is 65.7 Å². The molecule has 8 nitrogen and oxygen atoms in total. The fourth-order valence-electron chi connectivity index (χ4n) is 4.48. The average molecular weight is 510 g/mol. The first-order valence-corrected chi connectivity index (χ1v) is 11.6. The van der Waals surface area contributed by atoms with Crippen LogP contribution in [-0.4, -0.2) is 37.1 Å². The van der Waals surface area contributed by atoms with Crippen molar-refractivity contribution in [3.8, 4) is 34.5 Å². The summed E-state index contributed by atoms with van der Waals surface area (Å²) in [6, 6.07) is 18.8. The molecule has 0 spiro atoms. The van der Waals surface area contributed by atoms with E-state index in [9.17, 15) is 35.1 Å². The van der Waals surface area contributed by atoms with Gasteiger partial charge in [0, 0.05) is 17.7 Å². The second-order valence-corrected chi connectivity index (χ2v) is 8.87. The molecule has 0 unspecified atom stereocenters. The largest absolute Gasteiger partial charge is 0.508 e. The number of hydrogen-bond acceptors (Lipinski definition) is 8. The second kappa shape index (κ2) is 9.67. The molecule has 8 heteroatoms. The molecular weight excluding hydrogens is 488 g/mol. The fraction of sp³-hybridized carbons (Fsp3) is 0.0667. The zero-order chi connectivity index (χ0) is 27.0. The Bertz CT molecular complexity index is 1590. The van der Waals surface area contributed by atoms with Gasteiger partial charge < -0.3 is 30.3 Å². The highest BCUT2D eigenvalue weighted by Crippen LogP contribution is 2.49. The molecule has 4 aromatic carbocycles. The van der Waals surface area contributed by atoms with Gasteiger partial charge in [-0.15, -0.1) is 0 Å². The van der Waals surface area contributed by atoms with Crippen LogP contribution in [0.3, 0.4) is 0 Å². The predicted molar refractivity (Wildman–Crippen MR) is 138 cm³/mol. The number of rotatable bonds is 6. The number of Topliss-reactive ketones (excluding diaryl/α,β-unsaturated/α-hetero) is 1. The minimum atomic E-state index is -0.879. The van der Waals surface area contributed by atoms with E-state index in [1.54, 1.807) is 30.3 Å². The van der Waals surface area contributed by atoms with E-state index in [2.05, 4.69) is 0 Å². The Hall–Kier alpha value is -5.24. The molecule has 190 valence electrons. The number of ketones is 2. The number of hydrogen-bond donors (Lipinski definition) is 5. The Labute approximate surface area is 217 Å². The monoisotopic (exact) mass is 510 g/mol. The van der Waals surface area contributed by atoms with Crippen molar-refractivity contribution in [2.24, 2.45) is 0 Å². The van der Waals surface area contributed by atoms with Crippen molar-refractivity contribution in [3.05, 3.63) is 113 Å². The molecule has 0 amide bonds. The summed E-state index contributed by atoms with van der Waals surface area (Å²) in [6.45, 7) is 0. The average Bonchev–Trinajstić information content (AvgIpc) is 3.26. The summed E-state index contributed by atoms with van der Waals surface area (Å²) in [5.41, 5.74) is 1.77. The zero-order valence-electron chi connectivity index (χ0n) is 19.8. The molecule has 1 aliphatic heterocycles. The molecule has 0 saturated carbocycles. The van der Waals surface area contributed by atoms with Crippen LogP contribution in [0.15, 0.2) is 84.9 Å². The third-order valence-corrected chi connectivity index (χ3v) is 6.35. The number of carbonyl (C=O) groups excluding carboxylic acids is 2. The highest BCUT2D eigenvalue weighted by atomic mass is 16.5. The summed E-state index contributed by atoms with van der Waals surface area (Å²) in [5, 5.41) is 49.2. The van der Waals surface area contributed by atoms with E-state index in [1.807, 2.05) is 0 Å². The second-order valence-electron chi connectivity index (χ2n) is 8.87. The maximum Gasteiger partial charge on any atom is 0.189 e. The van der Waals surface area contributed by atoms with Crippen LogP contribution in [0.2, 0.25) is 0 Å². The van der Waals surface area contributed by atoms with Crippen LogP contribution in [0.25, 0.3) is 6.08 Å². The molecule has 2 atom stereocenters. The first kappa shape index (κ1) is 24.5. The number of phenolic OH excluding ortho intramolecular Hbond substituents is 5. The van der Waals surface area contributed by atoms with Gasteiger partial charge in [0.1, 0.15) is 40.6 Å². The number of aromatic hydroxyl groups is 5. The van der Waals surface area contributed by atoms with Crippen LogP contribution in [0, 0.1) is 0 Å². The standard InChI is InChI=1S/C30H22O8/c31-18-5-3-17(4-6-18)30-28(29(37)22-10-8-20(33)15-26(22)36)23-13-16(2-12-27(23)38-30)1-11-24(34)21-9-7-19(32)14-25(21)35/h1-15,28,30-33,35-36H/b11-1+/t28-,30-/m1/s1. The summed E-state index contributed by atoms with van der Waals surface area (Å²) in [7, 11) is 0. The normalized spacial score (nSPS) is 16.2. The smallest absolute Gasteiger partial charge is 0.189 e. The van der Waals surface area contributed by atoms with Gasteiger partial charge in [0.05, 0.1) is 17.0 Å². The van der Waals surface area contributed by atoms with E-state index in [-0.39, 0.29) is 39.9 Å². The summed E-state index contributed by atoms with van der Waals surface area (Å²) < 4.78 is 6.15. The highest BCUT2D eigenvalue weighted by Gasteiger charge is 2.41. The lowest BCUT2D eigenvalue weighted by molar-refractivity contribution is 0.0892. The number of fused-ring (bicyclic) bond motifs is 1. The minimum Gasteiger partial charge on any atom is -0.508 e. The summed E-state index contributed by atoms with van der Waals surface area (Å²) in [6.07, 6.45) is 2.03. The summed E-state index contributed by atoms with van der Waals surface area (Å²) in [5.74, 6) is -2.38. The SMILES string of the molecule is O=C(/C=C/c1ccc2c(c1)[C@H](C(=O)c1ccc(O)cc1O)[C@@H](c1ccc(O)cc1)O2)c1ccc(O)cc1O. The van der Waals surface area contributed by atoms with Crippen LogP contribution in [-0.2, 0) is 0 Å². The van der Waals surface area contributed by atoms with Crippen LogP contribution >= 0.6 is 0 Å². The topological polar surface area (TPSA) is 145 Å². The van der Waals surface area contributed by atoms with Crippen molar-refractivity contribution in [1.82, 2.24) is 0 Å². The molecule has 1 heterocycles. The first-order chi connectivity index (χ1) is 18.2. The van der Waals surface area contributed by atoms with Gasteiger partial charge in [0.25, 0.3) is 0 Å². The third kappa shape index (κ3) is 4.62. The lowest BCUT2D eigenvalue weighted by atomic mass is 9.84. The van der Waals surface area contributed by atoms with Gasteiger partial charge in [-0.2, -0.15) is 0 Å². The molecule has 5 N–H and O–H groups in total. The van der Waals surface area contributed by atoms with Crippen molar-refractivity contribution in [2.45, 2.75) is 12.0 Å². The van der Waals surface area contributed by atoms with Gasteiger partial charge in [-0.3, -0.25) is 9.59 Å². The number of phenols is 5. The Morgan fingerprint density at radius 2 is 1.29 bits per heavy atom. The molecule has 4 aromatic rings. The summed E-state index contributed by atoms with van der Waals surface area (Å²) in [4.78, 5) is 26.3. The molecule has 0 fully saturated rings. The Morgan fingerprint density at radius 3 is 1.92 bits per heavy atom. The molecule has 1 aliphatic rings. The Kier molecular flexibility index (Phi) is 6.22. The number of ether oxygens (including phenoxy) is 1. The Morgan fingerprint density at radius 1 is 0.684 bits per heavy atom. The van der Waals surface area contributed by atoms with E-state index < -0.39 is 23.6 Å². The van der Waals surface area contributed by atoms with E-state index in [0.717, 1.165) is 12.1 Å². The first-order valence-electron chi connectivity index (χ1n) is 11.6. The lowest BCUT2D eigenvalue weighted by Gasteiger charge is -2.19. The quantitative estimate of drug-likeness (QED) is 0.176. The van der Waals surface area contributed by atoms with Crippen LogP contribution in [0.4, 0.5) is 0 Å². The lowest BCUT2D eigenvalue weighted by Crippen LogP contribution is -2.19. The van der Waals surface area contributed by atoms with Crippen LogP contribution < -0.4 is 4.74 Å². The van der Waals surface area contributed by atoms with Gasteiger partial charge >= 0.3 is 0 Å². The van der Waals surface area contributed by atoms with Crippen LogP contribution in [0.1, 0.15) is 49.4 Å². The fourth-order valence-corrected chi connectivity index (χ4v) is 4.48.